The molecule has 3 N–H and O–H groups in total. The van der Waals surface area contributed by atoms with Gasteiger partial charge in [-0.3, -0.25) is 0 Å². The summed E-state index contributed by atoms with van der Waals surface area (Å²) in [5.74, 6) is 0.792. The van der Waals surface area contributed by atoms with Crippen LogP contribution in [0.25, 0.3) is 5.70 Å². The van der Waals surface area contributed by atoms with Gasteiger partial charge in [0.1, 0.15) is 5.75 Å². The fourth-order valence-electron chi connectivity index (χ4n) is 1.000. The largest absolute Gasteiger partial charge is 0.497 e. The third kappa shape index (κ3) is 2.49. The number of methoxy groups -OCH3 is 1. The zero-order valence-electron chi connectivity index (χ0n) is 7.53. The summed E-state index contributed by atoms with van der Waals surface area (Å²) in [6.45, 7) is -0.0438. The molecule has 1 aromatic rings. The van der Waals surface area contributed by atoms with Gasteiger partial charge in [-0.2, -0.15) is 0 Å². The van der Waals surface area contributed by atoms with Crippen LogP contribution in [-0.4, -0.2) is 18.8 Å². The molecule has 0 saturated carbocycles. The lowest BCUT2D eigenvalue weighted by molar-refractivity contribution is 0.343. The van der Waals surface area contributed by atoms with Gasteiger partial charge in [-0.05, 0) is 35.9 Å². The van der Waals surface area contributed by atoms with Crippen molar-refractivity contribution < 1.29 is 9.84 Å². The predicted octanol–water partition coefficient (Wildman–Crippen LogP) is 0.987. The highest BCUT2D eigenvalue weighted by atomic mass is 16.5. The maximum absolute atomic E-state index is 8.62. The lowest BCUT2D eigenvalue weighted by Gasteiger charge is -2.02. The first-order valence-corrected chi connectivity index (χ1v) is 3.99. The van der Waals surface area contributed by atoms with E-state index in [1.54, 1.807) is 13.2 Å². The molecule has 0 aliphatic carbocycles. The minimum Gasteiger partial charge on any atom is -0.497 e. The third-order valence-corrected chi connectivity index (χ3v) is 1.73. The lowest BCUT2D eigenvalue weighted by atomic mass is 10.1. The van der Waals surface area contributed by atoms with E-state index in [1.807, 2.05) is 24.3 Å². The molecular formula is C10H13NO2. The highest BCUT2D eigenvalue weighted by Crippen LogP contribution is 2.14. The molecule has 0 aliphatic rings. The van der Waals surface area contributed by atoms with Gasteiger partial charge >= 0.3 is 0 Å². The molecule has 1 aromatic carbocycles. The fourth-order valence-corrected chi connectivity index (χ4v) is 1.000. The van der Waals surface area contributed by atoms with Gasteiger partial charge in [0, 0.05) is 5.70 Å². The maximum Gasteiger partial charge on any atom is 0.118 e. The lowest BCUT2D eigenvalue weighted by Crippen LogP contribution is -1.97. The van der Waals surface area contributed by atoms with Gasteiger partial charge in [0.2, 0.25) is 0 Å². The summed E-state index contributed by atoms with van der Waals surface area (Å²) in [4.78, 5) is 0. The maximum atomic E-state index is 8.62. The topological polar surface area (TPSA) is 55.5 Å². The Kier molecular flexibility index (Phi) is 3.34. The Morgan fingerprint density at radius 2 is 2.08 bits per heavy atom. The monoisotopic (exact) mass is 179 g/mol. The van der Waals surface area contributed by atoms with E-state index in [9.17, 15) is 0 Å². The van der Waals surface area contributed by atoms with E-state index in [0.29, 0.717) is 5.70 Å². The molecule has 1 rings (SSSR count). The van der Waals surface area contributed by atoms with Crippen LogP contribution in [-0.2, 0) is 0 Å². The number of nitrogens with two attached hydrogens (primary N) is 1. The number of ether oxygens (including phenoxy) is 1. The van der Waals surface area contributed by atoms with Crippen molar-refractivity contribution in [3.05, 3.63) is 35.9 Å². The minimum atomic E-state index is -0.0438. The molecule has 13 heavy (non-hydrogen) atoms. The van der Waals surface area contributed by atoms with Crippen LogP contribution < -0.4 is 10.5 Å². The normalized spacial score (nSPS) is 11.4. The molecule has 0 aromatic heterocycles. The average molecular weight is 179 g/mol. The van der Waals surface area contributed by atoms with E-state index in [0.717, 1.165) is 11.3 Å². The molecule has 0 bridgehead atoms. The Labute approximate surface area is 77.4 Å². The fraction of sp³-hybridized carbons (Fsp3) is 0.200. The molecule has 3 nitrogen and oxygen atoms in total. The Balaban J connectivity index is 2.85. The highest BCUT2D eigenvalue weighted by molar-refractivity contribution is 5.63. The average Bonchev–Trinajstić information content (AvgIpc) is 2.18. The quantitative estimate of drug-likeness (QED) is 0.727. The van der Waals surface area contributed by atoms with Gasteiger partial charge in [-0.15, -0.1) is 0 Å². The summed E-state index contributed by atoms with van der Waals surface area (Å²) in [6.07, 6.45) is 1.56. The van der Waals surface area contributed by atoms with Crippen molar-refractivity contribution >= 4 is 5.70 Å². The van der Waals surface area contributed by atoms with Gasteiger partial charge in [0.15, 0.2) is 0 Å². The van der Waals surface area contributed by atoms with Gasteiger partial charge in [-0.25, -0.2) is 0 Å². The molecule has 0 atom stereocenters. The smallest absolute Gasteiger partial charge is 0.118 e. The minimum absolute atomic E-state index is 0.0438. The second kappa shape index (κ2) is 4.52. The Bertz CT molecular complexity index is 290. The SMILES string of the molecule is COc1ccc(/C(N)=C\CO)cc1. The van der Waals surface area contributed by atoms with Crippen molar-refractivity contribution in [2.24, 2.45) is 5.73 Å². The molecule has 0 fully saturated rings. The molecule has 0 heterocycles. The van der Waals surface area contributed by atoms with E-state index < -0.39 is 0 Å². The molecule has 0 aliphatic heterocycles. The van der Waals surface area contributed by atoms with Crippen LogP contribution in [0.3, 0.4) is 0 Å². The summed E-state index contributed by atoms with van der Waals surface area (Å²) in [5, 5.41) is 8.62. The van der Waals surface area contributed by atoms with Crippen molar-refractivity contribution in [2.45, 2.75) is 0 Å². The Morgan fingerprint density at radius 1 is 1.46 bits per heavy atom. The van der Waals surface area contributed by atoms with Crippen molar-refractivity contribution in [1.29, 1.82) is 0 Å². The summed E-state index contributed by atoms with van der Waals surface area (Å²) in [5.41, 5.74) is 7.12. The number of hydrogen-bond acceptors (Lipinski definition) is 3. The van der Waals surface area contributed by atoms with E-state index in [-0.39, 0.29) is 6.61 Å². The van der Waals surface area contributed by atoms with E-state index in [2.05, 4.69) is 0 Å². The molecule has 0 spiro atoms. The van der Waals surface area contributed by atoms with Crippen LogP contribution in [0.4, 0.5) is 0 Å². The van der Waals surface area contributed by atoms with E-state index in [1.165, 1.54) is 0 Å². The molecular weight excluding hydrogens is 166 g/mol. The van der Waals surface area contributed by atoms with Crippen LogP contribution in [0.5, 0.6) is 5.75 Å². The first kappa shape index (κ1) is 9.61. The molecule has 0 radical (unpaired) electrons. The van der Waals surface area contributed by atoms with Crippen molar-refractivity contribution in [1.82, 2.24) is 0 Å². The van der Waals surface area contributed by atoms with E-state index >= 15 is 0 Å². The van der Waals surface area contributed by atoms with Crippen LogP contribution >= 0.6 is 0 Å². The number of rotatable bonds is 3. The Morgan fingerprint density at radius 3 is 2.54 bits per heavy atom. The van der Waals surface area contributed by atoms with Gasteiger partial charge < -0.3 is 15.6 Å². The molecule has 0 unspecified atom stereocenters. The summed E-state index contributed by atoms with van der Waals surface area (Å²) in [7, 11) is 1.61. The third-order valence-electron chi connectivity index (χ3n) is 1.73. The molecule has 70 valence electrons. The second-order valence-corrected chi connectivity index (χ2v) is 2.57. The highest BCUT2D eigenvalue weighted by Gasteiger charge is 1.95. The zero-order valence-corrected chi connectivity index (χ0v) is 7.53. The first-order chi connectivity index (χ1) is 6.27. The van der Waals surface area contributed by atoms with Gasteiger partial charge in [0.25, 0.3) is 0 Å². The second-order valence-electron chi connectivity index (χ2n) is 2.57. The zero-order chi connectivity index (χ0) is 9.68. The number of aliphatic hydroxyl groups is 1. The van der Waals surface area contributed by atoms with Crippen LogP contribution in [0.2, 0.25) is 0 Å². The van der Waals surface area contributed by atoms with Crippen LogP contribution in [0.15, 0.2) is 30.3 Å². The summed E-state index contributed by atoms with van der Waals surface area (Å²) >= 11 is 0. The summed E-state index contributed by atoms with van der Waals surface area (Å²) in [6, 6.07) is 7.35. The van der Waals surface area contributed by atoms with E-state index in [4.69, 9.17) is 15.6 Å². The standard InChI is InChI=1S/C10H13NO2/c1-13-9-4-2-8(3-5-9)10(11)6-7-12/h2-6,12H,7,11H2,1H3/b10-6+. The number of hydrogen-bond donors (Lipinski definition) is 2. The van der Waals surface area contributed by atoms with Gasteiger partial charge in [-0.1, -0.05) is 0 Å². The predicted molar refractivity (Wildman–Crippen MR) is 52.2 cm³/mol. The molecule has 0 amide bonds. The molecule has 0 saturated heterocycles. The Hall–Kier alpha value is -1.48. The van der Waals surface area contributed by atoms with Crippen molar-refractivity contribution in [2.75, 3.05) is 13.7 Å². The summed E-state index contributed by atoms with van der Waals surface area (Å²) < 4.78 is 5.00. The number of benzene rings is 1. The number of aliphatic hydroxyl groups excluding tert-OH is 1. The van der Waals surface area contributed by atoms with Crippen LogP contribution in [0, 0.1) is 0 Å². The van der Waals surface area contributed by atoms with Gasteiger partial charge in [0.05, 0.1) is 13.7 Å². The van der Waals surface area contributed by atoms with Crippen LogP contribution in [0.1, 0.15) is 5.56 Å². The first-order valence-electron chi connectivity index (χ1n) is 3.99. The molecule has 3 heteroatoms. The van der Waals surface area contributed by atoms with Crippen molar-refractivity contribution in [3.8, 4) is 5.75 Å². The van der Waals surface area contributed by atoms with Crippen molar-refractivity contribution in [3.63, 3.8) is 0 Å².